The number of ether oxygens (including phenoxy) is 2. The predicted molar refractivity (Wildman–Crippen MR) is 213 cm³/mol. The van der Waals surface area contributed by atoms with Crippen molar-refractivity contribution in [3.8, 4) is 0 Å². The zero-order valence-electron chi connectivity index (χ0n) is 33.6. The van der Waals surface area contributed by atoms with Gasteiger partial charge in [-0.3, -0.25) is 23.4 Å². The van der Waals surface area contributed by atoms with E-state index in [9.17, 15) is 23.8 Å². The molecule has 0 saturated heterocycles. The Balaban J connectivity index is 4.38. The largest absolute Gasteiger partial charge is 0.480 e. The molecule has 3 atom stereocenters. The molecule has 312 valence electrons. The van der Waals surface area contributed by atoms with E-state index in [2.05, 4.69) is 30.5 Å². The van der Waals surface area contributed by atoms with Gasteiger partial charge in [0, 0.05) is 12.8 Å². The number of unbranched alkanes of at least 4 members (excludes halogenated alkanes) is 24. The van der Waals surface area contributed by atoms with Gasteiger partial charge in [0.1, 0.15) is 12.6 Å². The minimum atomic E-state index is -4.71. The minimum Gasteiger partial charge on any atom is -0.480 e. The van der Waals surface area contributed by atoms with Gasteiger partial charge in [-0.05, 0) is 38.5 Å². The van der Waals surface area contributed by atoms with Crippen LogP contribution in [0.2, 0.25) is 0 Å². The Morgan fingerprint density at radius 2 is 0.943 bits per heavy atom. The second kappa shape index (κ2) is 37.2. The van der Waals surface area contributed by atoms with Crippen LogP contribution < -0.4 is 5.73 Å². The number of hydrogen-bond donors (Lipinski definition) is 3. The molecule has 0 fully saturated rings. The molecule has 11 nitrogen and oxygen atoms in total. The van der Waals surface area contributed by atoms with Crippen molar-refractivity contribution in [2.75, 3.05) is 19.8 Å². The van der Waals surface area contributed by atoms with Crippen LogP contribution in [0.15, 0.2) is 12.2 Å². The van der Waals surface area contributed by atoms with Crippen molar-refractivity contribution in [1.29, 1.82) is 0 Å². The van der Waals surface area contributed by atoms with E-state index in [1.807, 2.05) is 0 Å². The number of aliphatic carboxylic acids is 1. The van der Waals surface area contributed by atoms with Crippen molar-refractivity contribution in [1.82, 2.24) is 0 Å². The third-order valence-electron chi connectivity index (χ3n) is 9.26. The number of carbonyl (C=O) groups is 3. The SMILES string of the molecule is CCCCCCCCCC/C=C/CCCCCC(=O)OC[C@H](COP(=O)(O)OC[C@H](N)C(=O)O)OC(=O)CCCCCCCCCCCCCCCC. The third kappa shape index (κ3) is 36.9. The standard InChI is InChI=1S/C41H78NO10P/c1-3-5-7-9-11-13-15-17-19-21-22-24-26-28-30-32-39(43)49-34-37(35-50-53(47,48)51-36-38(42)41(45)46)52-40(44)33-31-29-27-25-23-20-18-16-14-12-10-8-6-4-2/h21-22,37-38H,3-20,23-36,42H2,1-2H3,(H,45,46)(H,47,48)/b22-21+/t37-,38+/m1/s1. The maximum absolute atomic E-state index is 12.6. The molecule has 4 N–H and O–H groups in total. The number of phosphoric acid groups is 1. The fraction of sp³-hybridized carbons (Fsp3) is 0.878. The quantitative estimate of drug-likeness (QED) is 0.0234. The summed E-state index contributed by atoms with van der Waals surface area (Å²) < 4.78 is 32.6. The Bertz CT molecular complexity index is 963. The maximum atomic E-state index is 12.6. The van der Waals surface area contributed by atoms with E-state index in [1.165, 1.54) is 116 Å². The van der Waals surface area contributed by atoms with E-state index in [0.717, 1.165) is 44.9 Å². The minimum absolute atomic E-state index is 0.163. The molecular weight excluding hydrogens is 697 g/mol. The zero-order valence-corrected chi connectivity index (χ0v) is 34.5. The number of carboxylic acids is 1. The zero-order chi connectivity index (χ0) is 39.3. The molecule has 53 heavy (non-hydrogen) atoms. The van der Waals surface area contributed by atoms with E-state index in [-0.39, 0.29) is 19.4 Å². The summed E-state index contributed by atoms with van der Waals surface area (Å²) in [5.74, 6) is -2.39. The number of allylic oxidation sites excluding steroid dienone is 2. The molecule has 0 aliphatic rings. The molecule has 0 rings (SSSR count). The number of esters is 2. The average Bonchev–Trinajstić information content (AvgIpc) is 3.13. The van der Waals surface area contributed by atoms with Crippen LogP contribution in [-0.2, 0) is 37.5 Å². The van der Waals surface area contributed by atoms with E-state index in [4.69, 9.17) is 24.8 Å². The molecule has 0 aliphatic heterocycles. The van der Waals surface area contributed by atoms with E-state index in [0.29, 0.717) is 12.8 Å². The number of carbonyl (C=O) groups excluding carboxylic acids is 2. The lowest BCUT2D eigenvalue weighted by atomic mass is 10.0. The first kappa shape index (κ1) is 51.2. The van der Waals surface area contributed by atoms with Gasteiger partial charge < -0.3 is 25.2 Å². The molecule has 0 aromatic carbocycles. The summed E-state index contributed by atoms with van der Waals surface area (Å²) in [4.78, 5) is 45.9. The normalized spacial score (nSPS) is 13.9. The van der Waals surface area contributed by atoms with Crippen LogP contribution in [0.3, 0.4) is 0 Å². The van der Waals surface area contributed by atoms with E-state index in [1.54, 1.807) is 0 Å². The van der Waals surface area contributed by atoms with Gasteiger partial charge in [-0.1, -0.05) is 161 Å². The van der Waals surface area contributed by atoms with E-state index >= 15 is 0 Å². The van der Waals surface area contributed by atoms with Gasteiger partial charge in [0.2, 0.25) is 0 Å². The Morgan fingerprint density at radius 3 is 1.40 bits per heavy atom. The lowest BCUT2D eigenvalue weighted by molar-refractivity contribution is -0.161. The first-order valence-corrected chi connectivity index (χ1v) is 22.7. The highest BCUT2D eigenvalue weighted by Gasteiger charge is 2.28. The van der Waals surface area contributed by atoms with Crippen LogP contribution in [0.25, 0.3) is 0 Å². The van der Waals surface area contributed by atoms with Gasteiger partial charge in [0.05, 0.1) is 13.2 Å². The predicted octanol–water partition coefficient (Wildman–Crippen LogP) is 10.9. The smallest absolute Gasteiger partial charge is 0.472 e. The average molecular weight is 776 g/mol. The second-order valence-electron chi connectivity index (χ2n) is 14.5. The molecular formula is C41H78NO10P. The number of rotatable bonds is 40. The first-order valence-electron chi connectivity index (χ1n) is 21.2. The molecule has 12 heteroatoms. The summed E-state index contributed by atoms with van der Waals surface area (Å²) in [6.45, 7) is 2.80. The number of nitrogens with two attached hydrogens (primary N) is 1. The second-order valence-corrected chi connectivity index (χ2v) is 15.9. The molecule has 0 aliphatic carbocycles. The molecule has 0 aromatic heterocycles. The summed E-state index contributed by atoms with van der Waals surface area (Å²) in [5, 5.41) is 8.87. The molecule has 0 aromatic rings. The van der Waals surface area contributed by atoms with Crippen molar-refractivity contribution < 1.29 is 47.5 Å². The van der Waals surface area contributed by atoms with Gasteiger partial charge in [-0.2, -0.15) is 0 Å². The Hall–Kier alpha value is -1.78. The Kier molecular flexibility index (Phi) is 35.9. The number of carboxylic acid groups (broad SMARTS) is 1. The summed E-state index contributed by atoms with van der Waals surface area (Å²) in [7, 11) is -4.71. The third-order valence-corrected chi connectivity index (χ3v) is 10.2. The lowest BCUT2D eigenvalue weighted by Gasteiger charge is -2.20. The van der Waals surface area contributed by atoms with Crippen LogP contribution in [0.4, 0.5) is 0 Å². The van der Waals surface area contributed by atoms with Crippen molar-refractivity contribution in [2.45, 2.75) is 212 Å². The Labute approximate surface area is 322 Å². The highest BCUT2D eigenvalue weighted by Crippen LogP contribution is 2.43. The van der Waals surface area contributed by atoms with Gasteiger partial charge >= 0.3 is 25.7 Å². The molecule has 0 amide bonds. The summed E-state index contributed by atoms with van der Waals surface area (Å²) >= 11 is 0. The maximum Gasteiger partial charge on any atom is 0.472 e. The molecule has 1 unspecified atom stereocenters. The van der Waals surface area contributed by atoms with Crippen molar-refractivity contribution >= 4 is 25.7 Å². The van der Waals surface area contributed by atoms with Gasteiger partial charge in [0.25, 0.3) is 0 Å². The molecule has 0 spiro atoms. The fourth-order valence-electron chi connectivity index (χ4n) is 5.88. The van der Waals surface area contributed by atoms with Gasteiger partial charge in [0.15, 0.2) is 6.10 Å². The summed E-state index contributed by atoms with van der Waals surface area (Å²) in [6.07, 6.45) is 35.6. The van der Waals surface area contributed by atoms with Crippen LogP contribution in [-0.4, -0.2) is 59.9 Å². The van der Waals surface area contributed by atoms with Crippen LogP contribution in [0, 0.1) is 0 Å². The topological polar surface area (TPSA) is 172 Å². The molecule has 0 radical (unpaired) electrons. The summed E-state index contributed by atoms with van der Waals surface area (Å²) in [6, 6.07) is -1.52. The van der Waals surface area contributed by atoms with E-state index < -0.39 is 51.1 Å². The van der Waals surface area contributed by atoms with Gasteiger partial charge in [-0.25, -0.2) is 4.57 Å². The fourth-order valence-corrected chi connectivity index (χ4v) is 6.66. The highest BCUT2D eigenvalue weighted by molar-refractivity contribution is 7.47. The monoisotopic (exact) mass is 776 g/mol. The molecule has 0 bridgehead atoms. The van der Waals surface area contributed by atoms with Crippen molar-refractivity contribution in [2.24, 2.45) is 5.73 Å². The van der Waals surface area contributed by atoms with Crippen LogP contribution in [0.5, 0.6) is 0 Å². The van der Waals surface area contributed by atoms with Crippen LogP contribution >= 0.6 is 7.82 Å². The van der Waals surface area contributed by atoms with Gasteiger partial charge in [-0.15, -0.1) is 0 Å². The van der Waals surface area contributed by atoms with Crippen molar-refractivity contribution in [3.05, 3.63) is 12.2 Å². The first-order chi connectivity index (χ1) is 25.6. The Morgan fingerprint density at radius 1 is 0.566 bits per heavy atom. The van der Waals surface area contributed by atoms with Crippen LogP contribution in [0.1, 0.15) is 200 Å². The molecule has 0 heterocycles. The highest BCUT2D eigenvalue weighted by atomic mass is 31.2. The number of phosphoric ester groups is 1. The summed E-state index contributed by atoms with van der Waals surface area (Å²) in [5.41, 5.74) is 5.33. The number of hydrogen-bond acceptors (Lipinski definition) is 9. The molecule has 0 saturated carbocycles. The lowest BCUT2D eigenvalue weighted by Crippen LogP contribution is -2.34. The van der Waals surface area contributed by atoms with Crippen molar-refractivity contribution in [3.63, 3.8) is 0 Å².